The number of aliphatic hydroxyl groups excluding tert-OH is 1. The van der Waals surface area contributed by atoms with Crippen LogP contribution in [-0.4, -0.2) is 34.7 Å². The molecule has 118 valence electrons. The predicted octanol–water partition coefficient (Wildman–Crippen LogP) is 2.82. The van der Waals surface area contributed by atoms with E-state index in [-0.39, 0.29) is 11.5 Å². The van der Waals surface area contributed by atoms with Gasteiger partial charge in [0.2, 0.25) is 0 Å². The van der Waals surface area contributed by atoms with Crippen molar-refractivity contribution in [3.05, 3.63) is 12.2 Å². The summed E-state index contributed by atoms with van der Waals surface area (Å²) in [6, 6.07) is 1.64. The van der Waals surface area contributed by atoms with Crippen molar-refractivity contribution in [3.63, 3.8) is 0 Å². The Hall–Kier alpha value is -0.340. The molecule has 3 saturated heterocycles. The number of hydrogen-bond acceptors (Lipinski definition) is 2. The monoisotopic (exact) mass is 297 g/mol. The van der Waals surface area contributed by atoms with Gasteiger partial charge in [-0.2, -0.15) is 0 Å². The van der Waals surface area contributed by atoms with Gasteiger partial charge >= 0.3 is 0 Å². The first-order valence-corrected chi connectivity index (χ1v) is 9.66. The van der Waals surface area contributed by atoms with Crippen LogP contribution < -0.4 is 0 Å². The number of fused-ring (bicyclic) bond motifs is 1. The van der Waals surface area contributed by atoms with Crippen LogP contribution in [0.15, 0.2) is 12.2 Å². The molecule has 6 aliphatic carbocycles. The molecule has 9 bridgehead atoms. The molecule has 0 aromatic heterocycles. The van der Waals surface area contributed by atoms with Gasteiger partial charge in [-0.15, -0.1) is 0 Å². The molecule has 11 atom stereocenters. The largest absolute Gasteiger partial charge is 0.388 e. The Morgan fingerprint density at radius 1 is 1.23 bits per heavy atom. The quantitative estimate of drug-likeness (QED) is 0.695. The normalized spacial score (nSPS) is 75.1. The van der Waals surface area contributed by atoms with E-state index in [1.54, 1.807) is 0 Å². The Balaban J connectivity index is 1.53. The van der Waals surface area contributed by atoms with Gasteiger partial charge in [0.05, 0.1) is 6.10 Å². The molecule has 6 saturated carbocycles. The summed E-state index contributed by atoms with van der Waals surface area (Å²) in [6.45, 7) is 8.32. The van der Waals surface area contributed by atoms with Crippen LogP contribution >= 0.6 is 0 Å². The minimum absolute atomic E-state index is 0.172. The Bertz CT molecular complexity index is 644. The second kappa shape index (κ2) is 2.99. The molecule has 9 aliphatic rings. The average Bonchev–Trinajstić information content (AvgIpc) is 2.90. The van der Waals surface area contributed by atoms with Crippen molar-refractivity contribution in [1.82, 2.24) is 4.90 Å². The molecule has 9 fully saturated rings. The second-order valence-corrected chi connectivity index (χ2v) is 10.4. The van der Waals surface area contributed by atoms with E-state index in [1.165, 1.54) is 50.6 Å². The molecule has 2 spiro atoms. The third-order valence-electron chi connectivity index (χ3n) is 10.3. The summed E-state index contributed by atoms with van der Waals surface area (Å²) in [5.41, 5.74) is 2.65. The third kappa shape index (κ3) is 0.815. The second-order valence-electron chi connectivity index (χ2n) is 10.4. The van der Waals surface area contributed by atoms with E-state index in [4.69, 9.17) is 0 Å². The summed E-state index contributed by atoms with van der Waals surface area (Å²) in [4.78, 5) is 2.98. The van der Waals surface area contributed by atoms with Crippen LogP contribution in [0.4, 0.5) is 0 Å². The van der Waals surface area contributed by atoms with E-state index in [0.29, 0.717) is 16.7 Å². The van der Waals surface area contributed by atoms with Crippen LogP contribution in [0, 0.1) is 39.9 Å². The van der Waals surface area contributed by atoms with Crippen LogP contribution in [0.25, 0.3) is 0 Å². The van der Waals surface area contributed by atoms with Crippen molar-refractivity contribution in [1.29, 1.82) is 0 Å². The first-order valence-electron chi connectivity index (χ1n) is 9.66. The number of hydrogen-bond donors (Lipinski definition) is 1. The van der Waals surface area contributed by atoms with Gasteiger partial charge in [-0.25, -0.2) is 0 Å². The zero-order chi connectivity index (χ0) is 14.6. The van der Waals surface area contributed by atoms with Crippen molar-refractivity contribution < 1.29 is 5.11 Å². The van der Waals surface area contributed by atoms with E-state index in [2.05, 4.69) is 18.4 Å². The summed E-state index contributed by atoms with van der Waals surface area (Å²) in [6.07, 6.45) is 8.23. The molecule has 0 aromatic carbocycles. The maximum absolute atomic E-state index is 11.2. The molecular formula is C20H27NO. The van der Waals surface area contributed by atoms with Crippen LogP contribution in [0.5, 0.6) is 0 Å². The Morgan fingerprint density at radius 3 is 2.95 bits per heavy atom. The molecule has 9 rings (SSSR count). The van der Waals surface area contributed by atoms with E-state index < -0.39 is 0 Å². The van der Waals surface area contributed by atoms with Crippen molar-refractivity contribution in [3.8, 4) is 0 Å². The van der Waals surface area contributed by atoms with E-state index in [9.17, 15) is 5.11 Å². The van der Waals surface area contributed by atoms with Crippen LogP contribution in [0.1, 0.15) is 45.4 Å². The summed E-state index contributed by atoms with van der Waals surface area (Å²) in [7, 11) is 0. The van der Waals surface area contributed by atoms with Crippen molar-refractivity contribution >= 4 is 0 Å². The van der Waals surface area contributed by atoms with Gasteiger partial charge in [0.1, 0.15) is 0 Å². The zero-order valence-corrected chi connectivity index (χ0v) is 13.6. The standard InChI is InChI=1S/C20H27NO/c1-10-11-6-12-16-19-5-3-4-18(2)9-21(16)13(15(18)19)8-20(12,17(10)22)14(19)7-11/h11-17,22H,1,3-9H2,2H3/t11-,12+,13+,14-,15+,16?,17+,18-,19?,20?/m0/s1. The van der Waals surface area contributed by atoms with Crippen LogP contribution in [0.3, 0.4) is 0 Å². The summed E-state index contributed by atoms with van der Waals surface area (Å²) >= 11 is 0. The predicted molar refractivity (Wildman–Crippen MR) is 84.1 cm³/mol. The number of piperidine rings is 2. The fourth-order valence-electron chi connectivity index (χ4n) is 10.4. The highest BCUT2D eigenvalue weighted by Crippen LogP contribution is 2.86. The van der Waals surface area contributed by atoms with E-state index in [0.717, 1.165) is 29.8 Å². The van der Waals surface area contributed by atoms with Crippen molar-refractivity contribution in [2.75, 3.05) is 6.54 Å². The van der Waals surface area contributed by atoms with Gasteiger partial charge in [0, 0.05) is 24.0 Å². The summed E-state index contributed by atoms with van der Waals surface area (Å²) in [5, 5.41) is 11.2. The molecule has 0 aromatic rings. The van der Waals surface area contributed by atoms with Gasteiger partial charge in [0.15, 0.2) is 0 Å². The van der Waals surface area contributed by atoms with E-state index >= 15 is 0 Å². The fourth-order valence-corrected chi connectivity index (χ4v) is 10.4. The molecule has 1 N–H and O–H groups in total. The van der Waals surface area contributed by atoms with Crippen LogP contribution in [0.2, 0.25) is 0 Å². The van der Waals surface area contributed by atoms with E-state index in [1.807, 2.05) is 0 Å². The third-order valence-corrected chi connectivity index (χ3v) is 10.3. The lowest BCUT2D eigenvalue weighted by molar-refractivity contribution is -0.166. The van der Waals surface area contributed by atoms with Gasteiger partial charge in [-0.3, -0.25) is 4.90 Å². The maximum Gasteiger partial charge on any atom is 0.0813 e. The van der Waals surface area contributed by atoms with Gasteiger partial charge in [0.25, 0.3) is 0 Å². The molecule has 4 unspecified atom stereocenters. The number of rotatable bonds is 0. The highest BCUT2D eigenvalue weighted by atomic mass is 16.3. The summed E-state index contributed by atoms with van der Waals surface area (Å²) in [5.74, 6) is 3.21. The first kappa shape index (κ1) is 12.1. The van der Waals surface area contributed by atoms with Gasteiger partial charge in [-0.05, 0) is 72.2 Å². The Morgan fingerprint density at radius 2 is 2.09 bits per heavy atom. The lowest BCUT2D eigenvalue weighted by Crippen LogP contribution is -2.63. The molecule has 0 amide bonds. The minimum atomic E-state index is -0.172. The van der Waals surface area contributed by atoms with Gasteiger partial charge in [-0.1, -0.05) is 19.9 Å². The smallest absolute Gasteiger partial charge is 0.0813 e. The molecule has 0 radical (unpaired) electrons. The lowest BCUT2D eigenvalue weighted by atomic mass is 9.40. The highest BCUT2D eigenvalue weighted by Gasteiger charge is 2.87. The van der Waals surface area contributed by atoms with Crippen molar-refractivity contribution in [2.45, 2.75) is 63.6 Å². The lowest BCUT2D eigenvalue weighted by Gasteiger charge is -2.64. The molecule has 2 heteroatoms. The van der Waals surface area contributed by atoms with Crippen LogP contribution in [-0.2, 0) is 0 Å². The topological polar surface area (TPSA) is 23.5 Å². The molecule has 3 heterocycles. The fraction of sp³-hybridized carbons (Fsp3) is 0.900. The number of nitrogens with zero attached hydrogens (tertiary/aromatic N) is 1. The SMILES string of the molecule is C=C1[C@H]2C[C@@H]3C4N5C[C@]6(C)CCCC47[C@H](C2)C3(C[C@@H]5[C@@H]76)[C@@H]1O. The zero-order valence-electron chi connectivity index (χ0n) is 13.6. The van der Waals surface area contributed by atoms with Gasteiger partial charge < -0.3 is 5.11 Å². The minimum Gasteiger partial charge on any atom is -0.388 e. The Labute approximate surface area is 132 Å². The molecular weight excluding hydrogens is 270 g/mol. The highest BCUT2D eigenvalue weighted by molar-refractivity contribution is 5.42. The summed E-state index contributed by atoms with van der Waals surface area (Å²) < 4.78 is 0. The Kier molecular flexibility index (Phi) is 1.64. The first-order chi connectivity index (χ1) is 10.5. The average molecular weight is 297 g/mol. The molecule has 3 aliphatic heterocycles. The molecule has 22 heavy (non-hydrogen) atoms. The maximum atomic E-state index is 11.2. The molecule has 2 nitrogen and oxygen atoms in total. The van der Waals surface area contributed by atoms with Crippen molar-refractivity contribution in [2.24, 2.45) is 39.9 Å². The number of aliphatic hydroxyl groups is 1.